The molecule has 0 bridgehead atoms. The van der Waals surface area contributed by atoms with Crippen LogP contribution in [0.4, 0.5) is 0 Å². The Labute approximate surface area is 141 Å². The van der Waals surface area contributed by atoms with Gasteiger partial charge in [-0.2, -0.15) is 9.83 Å². The SMILES string of the molecule is Cc1cc2ccccc2cc1-c1cc(C#N)c2ccccc2[n+]1C. The maximum atomic E-state index is 9.58. The molecule has 24 heavy (non-hydrogen) atoms. The monoisotopic (exact) mass is 309 g/mol. The molecule has 2 nitrogen and oxygen atoms in total. The number of fused-ring (bicyclic) bond motifs is 2. The highest BCUT2D eigenvalue weighted by Gasteiger charge is 2.19. The average Bonchev–Trinajstić information content (AvgIpc) is 2.62. The van der Waals surface area contributed by atoms with Gasteiger partial charge in [0, 0.05) is 17.7 Å². The lowest BCUT2D eigenvalue weighted by Crippen LogP contribution is -2.32. The quantitative estimate of drug-likeness (QED) is 0.470. The zero-order chi connectivity index (χ0) is 16.7. The Morgan fingerprint density at radius 2 is 1.54 bits per heavy atom. The van der Waals surface area contributed by atoms with Crippen molar-refractivity contribution in [3.63, 3.8) is 0 Å². The number of hydrogen-bond donors (Lipinski definition) is 0. The lowest BCUT2D eigenvalue weighted by Gasteiger charge is -2.09. The zero-order valence-electron chi connectivity index (χ0n) is 13.7. The van der Waals surface area contributed by atoms with Gasteiger partial charge in [0.1, 0.15) is 13.1 Å². The first-order chi connectivity index (χ1) is 11.7. The topological polar surface area (TPSA) is 27.7 Å². The maximum absolute atomic E-state index is 9.58. The van der Waals surface area contributed by atoms with E-state index in [-0.39, 0.29) is 0 Å². The van der Waals surface area contributed by atoms with Gasteiger partial charge in [0.15, 0.2) is 0 Å². The van der Waals surface area contributed by atoms with Crippen molar-refractivity contribution in [2.75, 3.05) is 0 Å². The predicted octanol–water partition coefficient (Wildman–Crippen LogP) is 4.66. The molecule has 0 atom stereocenters. The van der Waals surface area contributed by atoms with E-state index in [1.165, 1.54) is 21.9 Å². The normalized spacial score (nSPS) is 10.9. The van der Waals surface area contributed by atoms with Gasteiger partial charge in [-0.25, -0.2) is 0 Å². The first-order valence-corrected chi connectivity index (χ1v) is 8.00. The van der Waals surface area contributed by atoms with Crippen molar-refractivity contribution in [2.24, 2.45) is 7.05 Å². The molecular formula is C22H17N2+. The minimum Gasteiger partial charge on any atom is -0.194 e. The van der Waals surface area contributed by atoms with Crippen molar-refractivity contribution in [1.82, 2.24) is 0 Å². The summed E-state index contributed by atoms with van der Waals surface area (Å²) in [6.45, 7) is 2.13. The van der Waals surface area contributed by atoms with Crippen LogP contribution in [-0.2, 0) is 7.05 Å². The highest BCUT2D eigenvalue weighted by molar-refractivity contribution is 5.90. The number of aryl methyl sites for hydroxylation is 2. The number of nitrogens with zero attached hydrogens (tertiary/aromatic N) is 2. The van der Waals surface area contributed by atoms with Crippen LogP contribution in [0.5, 0.6) is 0 Å². The summed E-state index contributed by atoms with van der Waals surface area (Å²) < 4.78 is 2.17. The molecule has 1 aromatic heterocycles. The fraction of sp³-hybridized carbons (Fsp3) is 0.0909. The van der Waals surface area contributed by atoms with Gasteiger partial charge in [0.2, 0.25) is 11.2 Å². The number of rotatable bonds is 1. The molecule has 0 unspecified atom stereocenters. The first kappa shape index (κ1) is 14.4. The van der Waals surface area contributed by atoms with Gasteiger partial charge >= 0.3 is 0 Å². The molecule has 0 radical (unpaired) electrons. The molecule has 0 amide bonds. The van der Waals surface area contributed by atoms with E-state index in [0.29, 0.717) is 5.56 Å². The van der Waals surface area contributed by atoms with Crippen molar-refractivity contribution in [3.05, 3.63) is 77.9 Å². The Morgan fingerprint density at radius 3 is 2.29 bits per heavy atom. The van der Waals surface area contributed by atoms with Crippen molar-refractivity contribution in [1.29, 1.82) is 5.26 Å². The zero-order valence-corrected chi connectivity index (χ0v) is 13.7. The first-order valence-electron chi connectivity index (χ1n) is 8.00. The van der Waals surface area contributed by atoms with Gasteiger partial charge in [-0.15, -0.1) is 0 Å². The molecule has 1 heterocycles. The molecule has 0 saturated carbocycles. The van der Waals surface area contributed by atoms with Crippen molar-refractivity contribution in [3.8, 4) is 17.3 Å². The van der Waals surface area contributed by atoms with Crippen LogP contribution < -0.4 is 4.57 Å². The van der Waals surface area contributed by atoms with Crippen LogP contribution in [0.25, 0.3) is 32.9 Å². The van der Waals surface area contributed by atoms with Crippen LogP contribution in [0.15, 0.2) is 66.7 Å². The van der Waals surface area contributed by atoms with Crippen molar-refractivity contribution in [2.45, 2.75) is 6.92 Å². The minimum atomic E-state index is 0.714. The summed E-state index contributed by atoms with van der Waals surface area (Å²) in [5, 5.41) is 13.0. The van der Waals surface area contributed by atoms with Crippen LogP contribution in [0.2, 0.25) is 0 Å². The number of aromatic nitrogens is 1. The Kier molecular flexibility index (Phi) is 3.29. The number of para-hydroxylation sites is 1. The van der Waals surface area contributed by atoms with Crippen molar-refractivity contribution >= 4 is 21.7 Å². The molecule has 0 saturated heterocycles. The molecule has 2 heteroatoms. The smallest absolute Gasteiger partial charge is 0.194 e. The van der Waals surface area contributed by atoms with E-state index in [4.69, 9.17) is 0 Å². The van der Waals surface area contributed by atoms with Crippen LogP contribution in [0, 0.1) is 18.3 Å². The average molecular weight is 309 g/mol. The Bertz CT molecular complexity index is 1130. The molecule has 4 aromatic rings. The van der Waals surface area contributed by atoms with Crippen LogP contribution in [0.1, 0.15) is 11.1 Å². The van der Waals surface area contributed by atoms with Crippen molar-refractivity contribution < 1.29 is 4.57 Å². The van der Waals surface area contributed by atoms with Crippen LogP contribution in [-0.4, -0.2) is 0 Å². The van der Waals surface area contributed by atoms with Gasteiger partial charge in [0.05, 0.1) is 10.9 Å². The molecule has 0 fully saturated rings. The van der Waals surface area contributed by atoms with E-state index >= 15 is 0 Å². The third kappa shape index (κ3) is 2.14. The number of hydrogen-bond acceptors (Lipinski definition) is 1. The van der Waals surface area contributed by atoms with Gasteiger partial charge in [0.25, 0.3) is 0 Å². The summed E-state index contributed by atoms with van der Waals surface area (Å²) >= 11 is 0. The largest absolute Gasteiger partial charge is 0.214 e. The summed E-state index contributed by atoms with van der Waals surface area (Å²) in [5.74, 6) is 0. The maximum Gasteiger partial charge on any atom is 0.214 e. The van der Waals surface area contributed by atoms with E-state index in [0.717, 1.165) is 16.6 Å². The third-order valence-corrected chi connectivity index (χ3v) is 4.69. The molecule has 0 N–H and O–H groups in total. The Hall–Kier alpha value is -3.18. The summed E-state index contributed by atoms with van der Waals surface area (Å²) in [6.07, 6.45) is 0. The molecule has 114 valence electrons. The molecule has 0 aliphatic rings. The van der Waals surface area contributed by atoms with Crippen LogP contribution in [0.3, 0.4) is 0 Å². The number of benzene rings is 3. The lowest BCUT2D eigenvalue weighted by atomic mass is 9.97. The molecule has 4 rings (SSSR count). The molecular weight excluding hydrogens is 292 g/mol. The van der Waals surface area contributed by atoms with Gasteiger partial charge < -0.3 is 0 Å². The molecule has 3 aromatic carbocycles. The van der Waals surface area contributed by atoms with Gasteiger partial charge in [-0.1, -0.05) is 42.5 Å². The summed E-state index contributed by atoms with van der Waals surface area (Å²) in [4.78, 5) is 0. The summed E-state index contributed by atoms with van der Waals surface area (Å²) in [5.41, 5.74) is 5.22. The second kappa shape index (κ2) is 5.47. The van der Waals surface area contributed by atoms with E-state index < -0.39 is 0 Å². The van der Waals surface area contributed by atoms with Gasteiger partial charge in [-0.3, -0.25) is 0 Å². The fourth-order valence-electron chi connectivity index (χ4n) is 3.42. The predicted molar refractivity (Wildman–Crippen MR) is 97.5 cm³/mol. The second-order valence-electron chi connectivity index (χ2n) is 6.15. The standard InChI is InChI=1S/C22H17N2/c1-15-11-16-7-3-4-8-17(16)12-20(15)22-13-18(14-23)19-9-5-6-10-21(19)24(22)2/h3-13H,1-2H3/q+1. The Balaban J connectivity index is 2.09. The van der Waals surface area contributed by atoms with E-state index in [2.05, 4.69) is 67.1 Å². The van der Waals surface area contributed by atoms with Gasteiger partial charge in [-0.05, 0) is 35.4 Å². The highest BCUT2D eigenvalue weighted by atomic mass is 14.9. The van der Waals surface area contributed by atoms with Crippen LogP contribution >= 0.6 is 0 Å². The molecule has 0 aliphatic carbocycles. The molecule has 0 aliphatic heterocycles. The van der Waals surface area contributed by atoms with E-state index in [1.807, 2.05) is 24.3 Å². The van der Waals surface area contributed by atoms with E-state index in [1.54, 1.807) is 0 Å². The van der Waals surface area contributed by atoms with E-state index in [9.17, 15) is 5.26 Å². The summed E-state index contributed by atoms with van der Waals surface area (Å²) in [6, 6.07) is 25.2. The Morgan fingerprint density at radius 1 is 0.875 bits per heavy atom. The lowest BCUT2D eigenvalue weighted by molar-refractivity contribution is -0.633. The number of pyridine rings is 1. The highest BCUT2D eigenvalue weighted by Crippen LogP contribution is 2.29. The molecule has 0 spiro atoms. The fourth-order valence-corrected chi connectivity index (χ4v) is 3.42. The second-order valence-corrected chi connectivity index (χ2v) is 6.15. The minimum absolute atomic E-state index is 0.714. The number of nitriles is 1. The summed E-state index contributed by atoms with van der Waals surface area (Å²) in [7, 11) is 2.06. The third-order valence-electron chi connectivity index (χ3n) is 4.69.